The molecule has 1 N–H and O–H groups in total. The molecule has 104 valence electrons. The Bertz CT molecular complexity index is 404. The smallest absolute Gasteiger partial charge is 0.224 e. The van der Waals surface area contributed by atoms with E-state index in [-0.39, 0.29) is 0 Å². The third kappa shape index (κ3) is 3.81. The zero-order valence-corrected chi connectivity index (χ0v) is 11.4. The first-order valence-corrected chi connectivity index (χ1v) is 6.84. The molecular formula is C13H21N5O. The molecule has 1 aromatic heterocycles. The lowest BCUT2D eigenvalue weighted by Crippen LogP contribution is -2.46. The molecule has 0 bridgehead atoms. The van der Waals surface area contributed by atoms with Gasteiger partial charge in [0.2, 0.25) is 12.4 Å². The minimum atomic E-state index is 0.684. The summed E-state index contributed by atoms with van der Waals surface area (Å²) < 4.78 is 0. The fourth-order valence-corrected chi connectivity index (χ4v) is 2.04. The molecule has 0 aromatic carbocycles. The highest BCUT2D eigenvalue weighted by molar-refractivity contribution is 5.49. The number of hydrogen-bond donors (Lipinski definition) is 1. The number of nitrogens with zero attached hydrogens (tertiary/aromatic N) is 4. The quantitative estimate of drug-likeness (QED) is 0.612. The van der Waals surface area contributed by atoms with Gasteiger partial charge in [-0.1, -0.05) is 13.3 Å². The lowest BCUT2D eigenvalue weighted by atomic mass is 10.3. The van der Waals surface area contributed by atoms with Crippen molar-refractivity contribution < 1.29 is 4.79 Å². The van der Waals surface area contributed by atoms with Crippen molar-refractivity contribution in [2.45, 2.75) is 19.8 Å². The van der Waals surface area contributed by atoms with Crippen molar-refractivity contribution >= 4 is 18.2 Å². The van der Waals surface area contributed by atoms with Gasteiger partial charge in [0.25, 0.3) is 0 Å². The van der Waals surface area contributed by atoms with Gasteiger partial charge in [0.1, 0.15) is 5.82 Å². The average molecular weight is 263 g/mol. The third-order valence-corrected chi connectivity index (χ3v) is 3.24. The van der Waals surface area contributed by atoms with E-state index >= 15 is 0 Å². The third-order valence-electron chi connectivity index (χ3n) is 3.24. The van der Waals surface area contributed by atoms with E-state index < -0.39 is 0 Å². The zero-order chi connectivity index (χ0) is 13.5. The molecule has 1 aromatic rings. The summed E-state index contributed by atoms with van der Waals surface area (Å²) in [6, 6.07) is 1.92. The predicted octanol–water partition coefficient (Wildman–Crippen LogP) is 0.967. The first kappa shape index (κ1) is 13.6. The highest BCUT2D eigenvalue weighted by atomic mass is 16.1. The molecule has 0 radical (unpaired) electrons. The molecule has 0 spiro atoms. The van der Waals surface area contributed by atoms with Crippen LogP contribution in [0.5, 0.6) is 0 Å². The van der Waals surface area contributed by atoms with E-state index in [1.165, 1.54) is 0 Å². The van der Waals surface area contributed by atoms with E-state index in [4.69, 9.17) is 0 Å². The number of piperazine rings is 1. The summed E-state index contributed by atoms with van der Waals surface area (Å²) >= 11 is 0. The number of hydrogen-bond acceptors (Lipinski definition) is 5. The SMILES string of the molecule is CCCCNc1nccc(N2CCN(C=O)CC2)n1. The molecule has 1 aliphatic rings. The second-order valence-corrected chi connectivity index (χ2v) is 4.65. The van der Waals surface area contributed by atoms with Gasteiger partial charge in [-0.25, -0.2) is 4.98 Å². The van der Waals surface area contributed by atoms with Gasteiger partial charge in [0, 0.05) is 38.9 Å². The van der Waals surface area contributed by atoms with Crippen LogP contribution < -0.4 is 10.2 Å². The van der Waals surface area contributed by atoms with Crippen molar-refractivity contribution in [3.8, 4) is 0 Å². The maximum atomic E-state index is 10.7. The average Bonchev–Trinajstić information content (AvgIpc) is 2.48. The maximum absolute atomic E-state index is 10.7. The van der Waals surface area contributed by atoms with Gasteiger partial charge in [-0.05, 0) is 12.5 Å². The highest BCUT2D eigenvalue weighted by Crippen LogP contribution is 2.14. The summed E-state index contributed by atoms with van der Waals surface area (Å²) in [7, 11) is 0. The number of carbonyl (C=O) groups excluding carboxylic acids is 1. The molecule has 1 fully saturated rings. The van der Waals surface area contributed by atoms with Crippen molar-refractivity contribution in [2.75, 3.05) is 42.9 Å². The Kier molecular flexibility index (Phi) is 4.94. The maximum Gasteiger partial charge on any atom is 0.224 e. The summed E-state index contributed by atoms with van der Waals surface area (Å²) in [6.07, 6.45) is 4.96. The van der Waals surface area contributed by atoms with Crippen molar-refractivity contribution in [1.82, 2.24) is 14.9 Å². The summed E-state index contributed by atoms with van der Waals surface area (Å²) in [4.78, 5) is 23.4. The predicted molar refractivity (Wildman–Crippen MR) is 75.3 cm³/mol. The first-order valence-electron chi connectivity index (χ1n) is 6.84. The number of anilines is 2. The second-order valence-electron chi connectivity index (χ2n) is 4.65. The Morgan fingerprint density at radius 3 is 2.84 bits per heavy atom. The van der Waals surface area contributed by atoms with E-state index in [9.17, 15) is 4.79 Å². The summed E-state index contributed by atoms with van der Waals surface area (Å²) in [5.74, 6) is 1.61. The van der Waals surface area contributed by atoms with Gasteiger partial charge >= 0.3 is 0 Å². The molecule has 0 aliphatic carbocycles. The van der Waals surface area contributed by atoms with E-state index in [1.807, 2.05) is 6.07 Å². The molecule has 1 saturated heterocycles. The lowest BCUT2D eigenvalue weighted by molar-refractivity contribution is -0.118. The number of amides is 1. The Hall–Kier alpha value is -1.85. The van der Waals surface area contributed by atoms with Gasteiger partial charge in [0.05, 0.1) is 0 Å². The van der Waals surface area contributed by atoms with Crippen LogP contribution in [0.3, 0.4) is 0 Å². The fraction of sp³-hybridized carbons (Fsp3) is 0.615. The Morgan fingerprint density at radius 2 is 2.16 bits per heavy atom. The monoisotopic (exact) mass is 263 g/mol. The van der Waals surface area contributed by atoms with Crippen molar-refractivity contribution in [1.29, 1.82) is 0 Å². The van der Waals surface area contributed by atoms with E-state index in [0.717, 1.165) is 57.8 Å². The minimum Gasteiger partial charge on any atom is -0.354 e. The molecule has 0 atom stereocenters. The number of unbranched alkanes of at least 4 members (excludes halogenated alkanes) is 1. The first-order chi connectivity index (χ1) is 9.33. The highest BCUT2D eigenvalue weighted by Gasteiger charge is 2.16. The van der Waals surface area contributed by atoms with E-state index in [0.29, 0.717) is 5.95 Å². The zero-order valence-electron chi connectivity index (χ0n) is 11.4. The number of rotatable bonds is 6. The molecule has 2 rings (SSSR count). The Balaban J connectivity index is 1.93. The molecule has 6 heteroatoms. The molecule has 0 unspecified atom stereocenters. The second kappa shape index (κ2) is 6.92. The summed E-state index contributed by atoms with van der Waals surface area (Å²) in [5.41, 5.74) is 0. The van der Waals surface area contributed by atoms with Crippen LogP contribution in [0, 0.1) is 0 Å². The van der Waals surface area contributed by atoms with Crippen LogP contribution in [0.15, 0.2) is 12.3 Å². The largest absolute Gasteiger partial charge is 0.354 e. The van der Waals surface area contributed by atoms with Crippen LogP contribution in [-0.4, -0.2) is 54.0 Å². The number of nitrogens with one attached hydrogen (secondary N) is 1. The van der Waals surface area contributed by atoms with Crippen molar-refractivity contribution in [3.63, 3.8) is 0 Å². The van der Waals surface area contributed by atoms with Crippen molar-refractivity contribution in [3.05, 3.63) is 12.3 Å². The lowest BCUT2D eigenvalue weighted by Gasteiger charge is -2.33. The van der Waals surface area contributed by atoms with Crippen molar-refractivity contribution in [2.24, 2.45) is 0 Å². The molecule has 2 heterocycles. The Morgan fingerprint density at radius 1 is 1.37 bits per heavy atom. The molecular weight excluding hydrogens is 242 g/mol. The van der Waals surface area contributed by atoms with E-state index in [2.05, 4.69) is 27.1 Å². The van der Waals surface area contributed by atoms with Crippen LogP contribution in [0.25, 0.3) is 0 Å². The van der Waals surface area contributed by atoms with Crippen LogP contribution in [-0.2, 0) is 4.79 Å². The van der Waals surface area contributed by atoms with Gasteiger partial charge in [-0.2, -0.15) is 4.98 Å². The Labute approximate surface area is 113 Å². The molecule has 1 aliphatic heterocycles. The van der Waals surface area contributed by atoms with E-state index in [1.54, 1.807) is 11.1 Å². The molecule has 19 heavy (non-hydrogen) atoms. The van der Waals surface area contributed by atoms with Crippen LogP contribution in [0.4, 0.5) is 11.8 Å². The van der Waals surface area contributed by atoms with Gasteiger partial charge in [0.15, 0.2) is 0 Å². The minimum absolute atomic E-state index is 0.684. The molecule has 1 amide bonds. The fourth-order valence-electron chi connectivity index (χ4n) is 2.04. The molecule has 0 saturated carbocycles. The normalized spacial score (nSPS) is 15.4. The van der Waals surface area contributed by atoms with Crippen LogP contribution in [0.2, 0.25) is 0 Å². The van der Waals surface area contributed by atoms with Crippen LogP contribution in [0.1, 0.15) is 19.8 Å². The van der Waals surface area contributed by atoms with Gasteiger partial charge in [-0.3, -0.25) is 4.79 Å². The summed E-state index contributed by atoms with van der Waals surface area (Å²) in [6.45, 7) is 6.22. The van der Waals surface area contributed by atoms with Gasteiger partial charge in [-0.15, -0.1) is 0 Å². The number of aromatic nitrogens is 2. The topological polar surface area (TPSA) is 61.4 Å². The van der Waals surface area contributed by atoms with Gasteiger partial charge < -0.3 is 15.1 Å². The van der Waals surface area contributed by atoms with Crippen LogP contribution >= 0.6 is 0 Å². The number of carbonyl (C=O) groups is 1. The standard InChI is InChI=1S/C13H21N5O/c1-2-3-5-14-13-15-6-4-12(16-13)18-9-7-17(11-19)8-10-18/h4,6,11H,2-3,5,7-10H2,1H3,(H,14,15,16). The molecule has 6 nitrogen and oxygen atoms in total. The summed E-state index contributed by atoms with van der Waals surface area (Å²) in [5, 5.41) is 3.23.